The summed E-state index contributed by atoms with van der Waals surface area (Å²) in [7, 11) is 0. The molecule has 1 aromatic carbocycles. The number of carbonyl (C=O) groups excluding carboxylic acids is 2. The van der Waals surface area contributed by atoms with Crippen LogP contribution in [-0.4, -0.2) is 48.2 Å². The van der Waals surface area contributed by atoms with Gasteiger partial charge in [0.05, 0.1) is 23.8 Å². The molecule has 0 atom stereocenters. The van der Waals surface area contributed by atoms with Gasteiger partial charge in [-0.3, -0.25) is 4.79 Å². The van der Waals surface area contributed by atoms with E-state index in [-0.39, 0.29) is 43.2 Å². The minimum absolute atomic E-state index is 0.0802. The molecule has 11 heteroatoms. The zero-order chi connectivity index (χ0) is 21.0. The van der Waals surface area contributed by atoms with Gasteiger partial charge in [-0.2, -0.15) is 13.2 Å². The number of benzene rings is 1. The monoisotopic (exact) mass is 420 g/mol. The number of rotatable bonds is 4. The third-order valence-corrected chi connectivity index (χ3v) is 5.55. The quantitative estimate of drug-likeness (QED) is 0.761. The molecule has 2 aliphatic heterocycles. The molecule has 0 unspecified atom stereocenters. The first-order valence-corrected chi connectivity index (χ1v) is 8.97. The van der Waals surface area contributed by atoms with Gasteiger partial charge >= 0.3 is 12.3 Å². The highest BCUT2D eigenvalue weighted by molar-refractivity contribution is 5.82. The zero-order valence-electron chi connectivity index (χ0n) is 15.0. The maximum atomic E-state index is 13.8. The lowest BCUT2D eigenvalue weighted by Gasteiger charge is -2.47. The Balaban J connectivity index is 1.24. The minimum Gasteiger partial charge on any atom is -0.447 e. The number of carbonyl (C=O) groups is 2. The fraction of sp³-hybridized carbons (Fsp3) is 0.556. The first kappa shape index (κ1) is 19.9. The van der Waals surface area contributed by atoms with E-state index in [1.807, 2.05) is 0 Å². The SMILES string of the molecule is O=C1NC2(CO1)CC(C(=O)N1CC(OCc3cc(F)c(C(F)(F)F)cc3F)C1)C2. The van der Waals surface area contributed by atoms with E-state index in [0.717, 1.165) is 0 Å². The molecule has 1 spiro atoms. The molecule has 2 amide bonds. The highest BCUT2D eigenvalue weighted by atomic mass is 19.4. The average Bonchev–Trinajstić information content (AvgIpc) is 2.95. The highest BCUT2D eigenvalue weighted by Gasteiger charge is 2.54. The number of ether oxygens (including phenoxy) is 2. The second-order valence-electron chi connectivity index (χ2n) is 7.68. The molecule has 158 valence electrons. The van der Waals surface area contributed by atoms with Crippen molar-refractivity contribution in [3.8, 4) is 0 Å². The Morgan fingerprint density at radius 2 is 1.93 bits per heavy atom. The summed E-state index contributed by atoms with van der Waals surface area (Å²) < 4.78 is 75.3. The van der Waals surface area contributed by atoms with Crippen LogP contribution in [0.15, 0.2) is 12.1 Å². The number of hydrogen-bond donors (Lipinski definition) is 1. The van der Waals surface area contributed by atoms with E-state index in [1.54, 1.807) is 4.90 Å². The van der Waals surface area contributed by atoms with Crippen molar-refractivity contribution in [2.45, 2.75) is 37.3 Å². The molecular formula is C18H17F5N2O4. The van der Waals surface area contributed by atoms with E-state index in [4.69, 9.17) is 9.47 Å². The van der Waals surface area contributed by atoms with Gasteiger partial charge in [-0.05, 0) is 25.0 Å². The number of nitrogens with one attached hydrogen (secondary N) is 1. The maximum Gasteiger partial charge on any atom is 0.419 e. The number of nitrogens with zero attached hydrogens (tertiary/aromatic N) is 1. The Labute approximate surface area is 161 Å². The van der Waals surface area contributed by atoms with E-state index in [2.05, 4.69) is 5.32 Å². The number of likely N-dealkylation sites (tertiary alicyclic amines) is 1. The summed E-state index contributed by atoms with van der Waals surface area (Å²) in [6.45, 7) is 0.367. The fourth-order valence-electron chi connectivity index (χ4n) is 3.88. The van der Waals surface area contributed by atoms with Gasteiger partial charge in [-0.25, -0.2) is 13.6 Å². The van der Waals surface area contributed by atoms with Crippen molar-refractivity contribution in [2.24, 2.45) is 5.92 Å². The Morgan fingerprint density at radius 1 is 1.24 bits per heavy atom. The smallest absolute Gasteiger partial charge is 0.419 e. The van der Waals surface area contributed by atoms with Crippen LogP contribution in [0.1, 0.15) is 24.0 Å². The summed E-state index contributed by atoms with van der Waals surface area (Å²) in [5.41, 5.74) is -2.44. The van der Waals surface area contributed by atoms with Crippen molar-refractivity contribution >= 4 is 12.0 Å². The molecular weight excluding hydrogens is 403 g/mol. The van der Waals surface area contributed by atoms with E-state index in [0.29, 0.717) is 18.9 Å². The van der Waals surface area contributed by atoms with Crippen LogP contribution in [0.5, 0.6) is 0 Å². The van der Waals surface area contributed by atoms with Gasteiger partial charge in [0, 0.05) is 24.6 Å². The van der Waals surface area contributed by atoms with Crippen LogP contribution in [0.25, 0.3) is 0 Å². The standard InChI is InChI=1S/C18H17F5N2O4/c19-13-2-12(18(21,22)23)14(20)1-9(13)7-28-11-5-25(6-11)15(26)10-3-17(4-10)8-29-16(27)24-17/h1-2,10-11H,3-8H2,(H,24,27). The molecule has 0 aromatic heterocycles. The first-order valence-electron chi connectivity index (χ1n) is 8.97. The molecule has 2 heterocycles. The van der Waals surface area contributed by atoms with Gasteiger partial charge in [0.2, 0.25) is 5.91 Å². The topological polar surface area (TPSA) is 67.9 Å². The Bertz CT molecular complexity index is 847. The second-order valence-corrected chi connectivity index (χ2v) is 7.68. The number of amides is 2. The largest absolute Gasteiger partial charge is 0.447 e. The summed E-state index contributed by atoms with van der Waals surface area (Å²) in [6, 6.07) is 0.591. The lowest BCUT2D eigenvalue weighted by atomic mass is 9.68. The highest BCUT2D eigenvalue weighted by Crippen LogP contribution is 2.42. The summed E-state index contributed by atoms with van der Waals surface area (Å²) in [4.78, 5) is 25.1. The predicted octanol–water partition coefficient (Wildman–Crippen LogP) is 2.60. The van der Waals surface area contributed by atoms with Crippen molar-refractivity contribution < 1.29 is 41.0 Å². The molecule has 1 saturated carbocycles. The molecule has 0 bridgehead atoms. The number of cyclic esters (lactones) is 1. The predicted molar refractivity (Wildman–Crippen MR) is 86.5 cm³/mol. The third-order valence-electron chi connectivity index (χ3n) is 5.55. The van der Waals surface area contributed by atoms with Gasteiger partial charge in [0.15, 0.2) is 0 Å². The summed E-state index contributed by atoms with van der Waals surface area (Å²) in [5.74, 6) is -3.07. The van der Waals surface area contributed by atoms with Gasteiger partial charge in [-0.15, -0.1) is 0 Å². The zero-order valence-corrected chi connectivity index (χ0v) is 15.0. The second kappa shape index (κ2) is 6.82. The van der Waals surface area contributed by atoms with E-state index in [1.165, 1.54) is 0 Å². The average molecular weight is 420 g/mol. The Kier molecular flexibility index (Phi) is 4.67. The summed E-state index contributed by atoms with van der Waals surface area (Å²) in [6.07, 6.45) is -4.88. The third kappa shape index (κ3) is 3.75. The van der Waals surface area contributed by atoms with Crippen molar-refractivity contribution in [1.29, 1.82) is 0 Å². The van der Waals surface area contributed by atoms with Gasteiger partial charge < -0.3 is 19.7 Å². The number of halogens is 5. The van der Waals surface area contributed by atoms with E-state index in [9.17, 15) is 31.5 Å². The van der Waals surface area contributed by atoms with Crippen LogP contribution in [0.2, 0.25) is 0 Å². The Morgan fingerprint density at radius 3 is 2.52 bits per heavy atom. The van der Waals surface area contributed by atoms with Crippen LogP contribution < -0.4 is 5.32 Å². The van der Waals surface area contributed by atoms with Crippen molar-refractivity contribution in [3.63, 3.8) is 0 Å². The van der Waals surface area contributed by atoms with Crippen molar-refractivity contribution in [1.82, 2.24) is 10.2 Å². The number of hydrogen-bond acceptors (Lipinski definition) is 4. The normalized spacial score (nSPS) is 26.7. The van der Waals surface area contributed by atoms with Crippen LogP contribution in [0, 0.1) is 17.6 Å². The van der Waals surface area contributed by atoms with Crippen LogP contribution in [-0.2, 0) is 27.1 Å². The molecule has 1 aromatic rings. The number of alkyl carbamates (subject to hydrolysis) is 1. The Hall–Kier alpha value is -2.43. The van der Waals surface area contributed by atoms with Crippen LogP contribution in [0.4, 0.5) is 26.7 Å². The summed E-state index contributed by atoms with van der Waals surface area (Å²) in [5, 5.41) is 2.70. The molecule has 29 heavy (non-hydrogen) atoms. The van der Waals surface area contributed by atoms with Crippen LogP contribution >= 0.6 is 0 Å². The molecule has 4 rings (SSSR count). The number of alkyl halides is 3. The van der Waals surface area contributed by atoms with Crippen molar-refractivity contribution in [2.75, 3.05) is 19.7 Å². The lowest BCUT2D eigenvalue weighted by Crippen LogP contribution is -2.62. The lowest BCUT2D eigenvalue weighted by molar-refractivity contribution is -0.155. The minimum atomic E-state index is -4.98. The molecule has 1 aliphatic carbocycles. The molecule has 2 saturated heterocycles. The molecule has 6 nitrogen and oxygen atoms in total. The fourth-order valence-corrected chi connectivity index (χ4v) is 3.88. The van der Waals surface area contributed by atoms with Gasteiger partial charge in [-0.1, -0.05) is 0 Å². The molecule has 3 aliphatic rings. The summed E-state index contributed by atoms with van der Waals surface area (Å²) >= 11 is 0. The van der Waals surface area contributed by atoms with Gasteiger partial charge in [0.1, 0.15) is 18.2 Å². The van der Waals surface area contributed by atoms with Crippen molar-refractivity contribution in [3.05, 3.63) is 34.9 Å². The van der Waals surface area contributed by atoms with Gasteiger partial charge in [0.25, 0.3) is 0 Å². The van der Waals surface area contributed by atoms with E-state index >= 15 is 0 Å². The first-order chi connectivity index (χ1) is 13.6. The molecule has 0 radical (unpaired) electrons. The molecule has 3 fully saturated rings. The van der Waals surface area contributed by atoms with Crippen LogP contribution in [0.3, 0.4) is 0 Å². The van der Waals surface area contributed by atoms with E-state index < -0.39 is 47.7 Å². The maximum absolute atomic E-state index is 13.8. The molecule has 1 N–H and O–H groups in total.